The van der Waals surface area contributed by atoms with Crippen LogP contribution < -0.4 is 5.32 Å². The van der Waals surface area contributed by atoms with Crippen molar-refractivity contribution in [3.05, 3.63) is 28.2 Å². The molecule has 0 bridgehead atoms. The molecular weight excluding hydrogens is 311 g/mol. The Labute approximate surface area is 135 Å². The number of hydrogen-bond donors (Lipinski definition) is 2. The topological polar surface area (TPSA) is 52.6 Å². The van der Waals surface area contributed by atoms with Gasteiger partial charge in [-0.25, -0.2) is 0 Å². The van der Waals surface area contributed by atoms with Gasteiger partial charge in [0.25, 0.3) is 0 Å². The number of carbonyl (C=O) groups excluding carboxylic acids is 1. The Hall–Kier alpha value is -0.810. The van der Waals surface area contributed by atoms with Gasteiger partial charge < -0.3 is 10.4 Å². The Kier molecular flexibility index (Phi) is 5.88. The zero-order chi connectivity index (χ0) is 15.4. The standard InChI is InChI=1S/C15H20Cl2N2O2/c1-19(13-4-2-3-5-14(13)20)9-15(21)18-12-8-10(16)6-7-11(12)17/h6-8,13-14,20H,2-5,9H2,1H3,(H,18,21). The zero-order valence-electron chi connectivity index (χ0n) is 12.0. The lowest BCUT2D eigenvalue weighted by molar-refractivity contribution is -0.118. The minimum absolute atomic E-state index is 0.0410. The van der Waals surface area contributed by atoms with Crippen molar-refractivity contribution in [2.24, 2.45) is 0 Å². The molecule has 6 heteroatoms. The quantitative estimate of drug-likeness (QED) is 0.891. The number of carbonyl (C=O) groups is 1. The largest absolute Gasteiger partial charge is 0.391 e. The van der Waals surface area contributed by atoms with E-state index in [9.17, 15) is 9.90 Å². The Morgan fingerprint density at radius 2 is 2.10 bits per heavy atom. The van der Waals surface area contributed by atoms with Crippen LogP contribution in [0.4, 0.5) is 5.69 Å². The van der Waals surface area contributed by atoms with Gasteiger partial charge in [-0.05, 0) is 38.1 Å². The summed E-state index contributed by atoms with van der Waals surface area (Å²) in [5.41, 5.74) is 0.506. The van der Waals surface area contributed by atoms with Crippen LogP contribution in [-0.4, -0.2) is 41.7 Å². The van der Waals surface area contributed by atoms with E-state index in [-0.39, 0.29) is 24.6 Å². The molecule has 1 aromatic carbocycles. The summed E-state index contributed by atoms with van der Waals surface area (Å²) >= 11 is 11.9. The van der Waals surface area contributed by atoms with E-state index in [0.29, 0.717) is 15.7 Å². The van der Waals surface area contributed by atoms with E-state index in [2.05, 4.69) is 5.32 Å². The average molecular weight is 331 g/mol. The predicted octanol–water partition coefficient (Wildman–Crippen LogP) is 3.17. The lowest BCUT2D eigenvalue weighted by Crippen LogP contribution is -2.46. The van der Waals surface area contributed by atoms with E-state index in [1.807, 2.05) is 11.9 Å². The average Bonchev–Trinajstić information content (AvgIpc) is 2.43. The fraction of sp³-hybridized carbons (Fsp3) is 0.533. The summed E-state index contributed by atoms with van der Waals surface area (Å²) in [6.07, 6.45) is 3.51. The summed E-state index contributed by atoms with van der Waals surface area (Å²) < 4.78 is 0. The number of halogens is 2. The van der Waals surface area contributed by atoms with Crippen molar-refractivity contribution >= 4 is 34.8 Å². The van der Waals surface area contributed by atoms with E-state index in [1.165, 1.54) is 0 Å². The number of amides is 1. The van der Waals surface area contributed by atoms with Crippen molar-refractivity contribution in [3.8, 4) is 0 Å². The Morgan fingerprint density at radius 3 is 2.81 bits per heavy atom. The van der Waals surface area contributed by atoms with Gasteiger partial charge in [-0.3, -0.25) is 9.69 Å². The molecule has 4 nitrogen and oxygen atoms in total. The van der Waals surface area contributed by atoms with Crippen LogP contribution >= 0.6 is 23.2 Å². The highest BCUT2D eigenvalue weighted by atomic mass is 35.5. The summed E-state index contributed by atoms with van der Waals surface area (Å²) in [5.74, 6) is -0.167. The number of aliphatic hydroxyl groups is 1. The molecule has 21 heavy (non-hydrogen) atoms. The van der Waals surface area contributed by atoms with Gasteiger partial charge in [-0.1, -0.05) is 36.0 Å². The Bertz CT molecular complexity index is 510. The maximum absolute atomic E-state index is 12.1. The minimum Gasteiger partial charge on any atom is -0.391 e. The predicted molar refractivity (Wildman–Crippen MR) is 86.0 cm³/mol. The molecule has 0 heterocycles. The van der Waals surface area contributed by atoms with Crippen LogP contribution in [0.2, 0.25) is 10.0 Å². The van der Waals surface area contributed by atoms with Crippen LogP contribution in [0.15, 0.2) is 18.2 Å². The second-order valence-corrected chi connectivity index (χ2v) is 6.35. The molecule has 2 unspecified atom stereocenters. The molecule has 1 aliphatic carbocycles. The van der Waals surface area contributed by atoms with Gasteiger partial charge in [0.1, 0.15) is 0 Å². The molecule has 0 aliphatic heterocycles. The van der Waals surface area contributed by atoms with Crippen molar-refractivity contribution < 1.29 is 9.90 Å². The third kappa shape index (κ3) is 4.58. The fourth-order valence-electron chi connectivity index (χ4n) is 2.73. The molecule has 0 radical (unpaired) electrons. The zero-order valence-corrected chi connectivity index (χ0v) is 13.5. The van der Waals surface area contributed by atoms with Crippen LogP contribution in [0, 0.1) is 0 Å². The van der Waals surface area contributed by atoms with Gasteiger partial charge in [-0.15, -0.1) is 0 Å². The number of hydrogen-bond acceptors (Lipinski definition) is 3. The van der Waals surface area contributed by atoms with Crippen molar-refractivity contribution in [2.45, 2.75) is 37.8 Å². The first kappa shape index (κ1) is 16.6. The summed E-state index contributed by atoms with van der Waals surface area (Å²) in [5, 5.41) is 13.7. The van der Waals surface area contributed by atoms with Crippen LogP contribution in [0.3, 0.4) is 0 Å². The van der Waals surface area contributed by atoms with Gasteiger partial charge in [0, 0.05) is 11.1 Å². The fourth-order valence-corrected chi connectivity index (χ4v) is 3.07. The molecule has 1 aliphatic rings. The second kappa shape index (κ2) is 7.45. The van der Waals surface area contributed by atoms with Gasteiger partial charge >= 0.3 is 0 Å². The number of aliphatic hydroxyl groups excluding tert-OH is 1. The number of nitrogens with one attached hydrogen (secondary N) is 1. The first-order valence-electron chi connectivity index (χ1n) is 7.10. The smallest absolute Gasteiger partial charge is 0.238 e. The first-order valence-corrected chi connectivity index (χ1v) is 7.86. The molecule has 1 fully saturated rings. The Balaban J connectivity index is 1.93. The number of anilines is 1. The molecule has 0 aromatic heterocycles. The van der Waals surface area contributed by atoms with Crippen LogP contribution in [0.1, 0.15) is 25.7 Å². The summed E-state index contributed by atoms with van der Waals surface area (Å²) in [6.45, 7) is 0.213. The molecule has 0 spiro atoms. The minimum atomic E-state index is -0.355. The highest BCUT2D eigenvalue weighted by molar-refractivity contribution is 6.35. The van der Waals surface area contributed by atoms with E-state index in [4.69, 9.17) is 23.2 Å². The lowest BCUT2D eigenvalue weighted by Gasteiger charge is -2.34. The molecule has 2 atom stereocenters. The summed E-state index contributed by atoms with van der Waals surface area (Å²) in [6, 6.07) is 4.98. The van der Waals surface area contributed by atoms with Crippen LogP contribution in [0.25, 0.3) is 0 Å². The lowest BCUT2D eigenvalue weighted by atomic mass is 9.91. The van der Waals surface area contributed by atoms with Gasteiger partial charge in [0.15, 0.2) is 0 Å². The molecule has 0 saturated heterocycles. The van der Waals surface area contributed by atoms with E-state index in [1.54, 1.807) is 18.2 Å². The molecule has 116 valence electrons. The molecule has 1 saturated carbocycles. The maximum Gasteiger partial charge on any atom is 0.238 e. The first-order chi connectivity index (χ1) is 9.97. The van der Waals surface area contributed by atoms with E-state index < -0.39 is 0 Å². The third-order valence-corrected chi connectivity index (χ3v) is 4.42. The van der Waals surface area contributed by atoms with E-state index >= 15 is 0 Å². The number of rotatable bonds is 4. The Morgan fingerprint density at radius 1 is 1.38 bits per heavy atom. The summed E-state index contributed by atoms with van der Waals surface area (Å²) in [4.78, 5) is 14.0. The second-order valence-electron chi connectivity index (χ2n) is 5.51. The number of nitrogens with zero attached hydrogens (tertiary/aromatic N) is 1. The van der Waals surface area contributed by atoms with Crippen LogP contribution in [-0.2, 0) is 4.79 Å². The monoisotopic (exact) mass is 330 g/mol. The molecule has 2 N–H and O–H groups in total. The SMILES string of the molecule is CN(CC(=O)Nc1cc(Cl)ccc1Cl)C1CCCCC1O. The number of likely N-dealkylation sites (N-methyl/N-ethyl adjacent to an activating group) is 1. The molecular formula is C15H20Cl2N2O2. The summed E-state index contributed by atoms with van der Waals surface area (Å²) in [7, 11) is 1.86. The normalized spacial score (nSPS) is 22.3. The third-order valence-electron chi connectivity index (χ3n) is 3.86. The molecule has 1 amide bonds. The highest BCUT2D eigenvalue weighted by Crippen LogP contribution is 2.26. The van der Waals surface area contributed by atoms with E-state index in [0.717, 1.165) is 25.7 Å². The molecule has 2 rings (SSSR count). The van der Waals surface area contributed by atoms with Gasteiger partial charge in [0.05, 0.1) is 23.4 Å². The van der Waals surface area contributed by atoms with Crippen molar-refractivity contribution in [1.29, 1.82) is 0 Å². The van der Waals surface area contributed by atoms with Crippen molar-refractivity contribution in [3.63, 3.8) is 0 Å². The maximum atomic E-state index is 12.1. The highest BCUT2D eigenvalue weighted by Gasteiger charge is 2.27. The van der Waals surface area contributed by atoms with Crippen molar-refractivity contribution in [2.75, 3.05) is 18.9 Å². The van der Waals surface area contributed by atoms with Gasteiger partial charge in [-0.2, -0.15) is 0 Å². The van der Waals surface area contributed by atoms with Gasteiger partial charge in [0.2, 0.25) is 5.91 Å². The van der Waals surface area contributed by atoms with Crippen molar-refractivity contribution in [1.82, 2.24) is 4.90 Å². The molecule has 1 aromatic rings. The number of benzene rings is 1. The van der Waals surface area contributed by atoms with Crippen LogP contribution in [0.5, 0.6) is 0 Å².